The van der Waals surface area contributed by atoms with Crippen LogP contribution in [-0.4, -0.2) is 28.9 Å². The van der Waals surface area contributed by atoms with Crippen molar-refractivity contribution in [1.82, 2.24) is 5.32 Å². The Kier molecular flexibility index (Phi) is 6.45. The number of carboxylic acid groups (broad SMARTS) is 2. The van der Waals surface area contributed by atoms with Crippen LogP contribution in [0, 0.1) is 11.6 Å². The molecule has 0 saturated heterocycles. The summed E-state index contributed by atoms with van der Waals surface area (Å²) < 4.78 is 36.4. The minimum absolute atomic E-state index is 0.251. The molecular formula is C17H15F2NO6. The van der Waals surface area contributed by atoms with Crippen LogP contribution >= 0.6 is 0 Å². The summed E-state index contributed by atoms with van der Waals surface area (Å²) in [7, 11) is 0. The van der Waals surface area contributed by atoms with Gasteiger partial charge >= 0.3 is 11.9 Å². The predicted molar refractivity (Wildman–Crippen MR) is 84.7 cm³/mol. The zero-order valence-corrected chi connectivity index (χ0v) is 13.4. The van der Waals surface area contributed by atoms with E-state index >= 15 is 0 Å². The van der Waals surface area contributed by atoms with Gasteiger partial charge in [-0.25, -0.2) is 18.4 Å². The molecule has 1 heterocycles. The Labute approximate surface area is 146 Å². The Morgan fingerprint density at radius 1 is 0.885 bits per heavy atom. The van der Waals surface area contributed by atoms with Gasteiger partial charge in [-0.05, 0) is 35.4 Å². The molecule has 7 nitrogen and oxygen atoms in total. The van der Waals surface area contributed by atoms with Gasteiger partial charge in [-0.15, -0.1) is 0 Å². The first-order valence-corrected chi connectivity index (χ1v) is 7.36. The minimum atomic E-state index is -1.82. The van der Waals surface area contributed by atoms with Crippen molar-refractivity contribution in [1.29, 1.82) is 0 Å². The van der Waals surface area contributed by atoms with Crippen molar-refractivity contribution in [3.63, 3.8) is 0 Å². The second kappa shape index (κ2) is 8.77. The van der Waals surface area contributed by atoms with E-state index in [0.717, 1.165) is 23.1 Å². The molecule has 0 fully saturated rings. The van der Waals surface area contributed by atoms with Crippen LogP contribution in [0.1, 0.15) is 11.1 Å². The van der Waals surface area contributed by atoms with Crippen molar-refractivity contribution in [2.24, 2.45) is 0 Å². The largest absolute Gasteiger partial charge is 0.473 e. The van der Waals surface area contributed by atoms with Crippen LogP contribution in [0.5, 0.6) is 11.5 Å². The smallest absolute Gasteiger partial charge is 0.414 e. The van der Waals surface area contributed by atoms with Crippen LogP contribution in [0.4, 0.5) is 8.78 Å². The summed E-state index contributed by atoms with van der Waals surface area (Å²) >= 11 is 0. The summed E-state index contributed by atoms with van der Waals surface area (Å²) in [6.45, 7) is 1.32. The number of nitrogens with one attached hydrogen (secondary N) is 1. The number of fused-ring (bicyclic) bond motifs is 1. The van der Waals surface area contributed by atoms with Gasteiger partial charge in [-0.2, -0.15) is 0 Å². The molecule has 0 bridgehead atoms. The molecule has 0 unspecified atom stereocenters. The van der Waals surface area contributed by atoms with Gasteiger partial charge < -0.3 is 25.0 Å². The van der Waals surface area contributed by atoms with E-state index in [-0.39, 0.29) is 6.79 Å². The van der Waals surface area contributed by atoms with Crippen molar-refractivity contribution >= 4 is 11.9 Å². The van der Waals surface area contributed by atoms with Crippen LogP contribution in [0.2, 0.25) is 0 Å². The maximum atomic E-state index is 13.0. The lowest BCUT2D eigenvalue weighted by Crippen LogP contribution is -2.12. The van der Waals surface area contributed by atoms with Gasteiger partial charge in [0.05, 0.1) is 0 Å². The maximum absolute atomic E-state index is 13.0. The summed E-state index contributed by atoms with van der Waals surface area (Å²) in [6, 6.07) is 9.59. The summed E-state index contributed by atoms with van der Waals surface area (Å²) in [4.78, 5) is 18.2. The zero-order chi connectivity index (χ0) is 19.1. The van der Waals surface area contributed by atoms with E-state index in [9.17, 15) is 8.78 Å². The molecule has 3 N–H and O–H groups in total. The Morgan fingerprint density at radius 2 is 1.46 bits per heavy atom. The Morgan fingerprint density at radius 3 is 2.08 bits per heavy atom. The highest BCUT2D eigenvalue weighted by Gasteiger charge is 2.12. The number of hydrogen-bond donors (Lipinski definition) is 3. The fourth-order valence-electron chi connectivity index (χ4n) is 2.05. The number of carbonyl (C=O) groups is 2. The van der Waals surface area contributed by atoms with E-state index in [2.05, 4.69) is 5.32 Å². The number of benzene rings is 2. The summed E-state index contributed by atoms with van der Waals surface area (Å²) in [5.74, 6) is -3.83. The molecule has 138 valence electrons. The quantitative estimate of drug-likeness (QED) is 0.711. The van der Waals surface area contributed by atoms with Gasteiger partial charge in [0.15, 0.2) is 23.1 Å². The summed E-state index contributed by atoms with van der Waals surface area (Å²) in [5.41, 5.74) is 1.74. The SMILES string of the molecule is Fc1ccc(CNCc2ccc3c(c2)OCO3)cc1F.O=C(O)C(=O)O. The van der Waals surface area contributed by atoms with Gasteiger partial charge in [0, 0.05) is 13.1 Å². The molecule has 0 amide bonds. The lowest BCUT2D eigenvalue weighted by Gasteiger charge is -2.06. The zero-order valence-electron chi connectivity index (χ0n) is 13.4. The normalized spacial score (nSPS) is 11.5. The highest BCUT2D eigenvalue weighted by Crippen LogP contribution is 2.32. The van der Waals surface area contributed by atoms with E-state index in [1.165, 1.54) is 6.07 Å². The molecule has 0 aliphatic carbocycles. The molecule has 1 aliphatic rings. The van der Waals surface area contributed by atoms with Crippen molar-refractivity contribution in [3.05, 3.63) is 59.2 Å². The standard InChI is InChI=1S/C15H13F2NO2.C2H2O4/c16-12-3-1-10(5-13(12)17)7-18-8-11-2-4-14-15(6-11)20-9-19-14;3-1(4)2(5)6/h1-6,18H,7-9H2;(H,3,4)(H,5,6). The molecule has 3 rings (SSSR count). The molecule has 0 spiro atoms. The van der Waals surface area contributed by atoms with Crippen LogP contribution in [0.15, 0.2) is 36.4 Å². The number of rotatable bonds is 4. The molecular weight excluding hydrogens is 352 g/mol. The van der Waals surface area contributed by atoms with E-state index in [0.29, 0.717) is 18.7 Å². The van der Waals surface area contributed by atoms with Crippen molar-refractivity contribution in [2.45, 2.75) is 13.1 Å². The number of ether oxygens (including phenoxy) is 2. The van der Waals surface area contributed by atoms with Crippen molar-refractivity contribution in [2.75, 3.05) is 6.79 Å². The maximum Gasteiger partial charge on any atom is 0.414 e. The second-order valence-corrected chi connectivity index (χ2v) is 5.15. The molecule has 0 aromatic heterocycles. The Balaban J connectivity index is 0.000000352. The molecule has 2 aromatic rings. The number of carboxylic acids is 2. The summed E-state index contributed by atoms with van der Waals surface area (Å²) in [5, 5.41) is 18.0. The van der Waals surface area contributed by atoms with Gasteiger partial charge in [-0.3, -0.25) is 0 Å². The molecule has 0 radical (unpaired) electrons. The van der Waals surface area contributed by atoms with Crippen LogP contribution in [-0.2, 0) is 22.7 Å². The van der Waals surface area contributed by atoms with Gasteiger partial charge in [0.1, 0.15) is 0 Å². The van der Waals surface area contributed by atoms with Crippen molar-refractivity contribution < 1.29 is 38.1 Å². The fraction of sp³-hybridized carbons (Fsp3) is 0.176. The molecule has 2 aromatic carbocycles. The highest BCUT2D eigenvalue weighted by molar-refractivity contribution is 6.27. The third kappa shape index (κ3) is 5.42. The van der Waals surface area contributed by atoms with Gasteiger partial charge in [0.25, 0.3) is 0 Å². The molecule has 0 atom stereocenters. The van der Waals surface area contributed by atoms with E-state index in [1.807, 2.05) is 18.2 Å². The monoisotopic (exact) mass is 367 g/mol. The predicted octanol–water partition coefficient (Wildman–Crippen LogP) is 2.14. The average molecular weight is 367 g/mol. The van der Waals surface area contributed by atoms with E-state index < -0.39 is 23.6 Å². The first-order chi connectivity index (χ1) is 12.4. The minimum Gasteiger partial charge on any atom is -0.473 e. The molecule has 26 heavy (non-hydrogen) atoms. The van der Waals surface area contributed by atoms with E-state index in [4.69, 9.17) is 29.3 Å². The third-order valence-corrected chi connectivity index (χ3v) is 3.26. The fourth-order valence-corrected chi connectivity index (χ4v) is 2.05. The molecule has 0 saturated carbocycles. The van der Waals surface area contributed by atoms with Gasteiger partial charge in [-0.1, -0.05) is 12.1 Å². The first kappa shape index (κ1) is 19.1. The summed E-state index contributed by atoms with van der Waals surface area (Å²) in [6.07, 6.45) is 0. The second-order valence-electron chi connectivity index (χ2n) is 5.15. The molecule has 1 aliphatic heterocycles. The van der Waals surface area contributed by atoms with Crippen LogP contribution in [0.3, 0.4) is 0 Å². The van der Waals surface area contributed by atoms with Gasteiger partial charge in [0.2, 0.25) is 6.79 Å². The lowest BCUT2D eigenvalue weighted by atomic mass is 10.2. The average Bonchev–Trinajstić information content (AvgIpc) is 3.06. The highest BCUT2D eigenvalue weighted by atomic mass is 19.2. The Hall–Kier alpha value is -3.20. The topological polar surface area (TPSA) is 105 Å². The van der Waals surface area contributed by atoms with Crippen LogP contribution in [0.25, 0.3) is 0 Å². The number of aliphatic carboxylic acids is 2. The Bertz CT molecular complexity index is 800. The van der Waals surface area contributed by atoms with Crippen LogP contribution < -0.4 is 14.8 Å². The lowest BCUT2D eigenvalue weighted by molar-refractivity contribution is -0.159. The third-order valence-electron chi connectivity index (χ3n) is 3.26. The first-order valence-electron chi connectivity index (χ1n) is 7.36. The number of halogens is 2. The number of hydrogen-bond acceptors (Lipinski definition) is 5. The van der Waals surface area contributed by atoms with E-state index in [1.54, 1.807) is 6.07 Å². The van der Waals surface area contributed by atoms with Crippen molar-refractivity contribution in [3.8, 4) is 11.5 Å². The molecule has 9 heteroatoms.